The average Bonchev–Trinajstić information content (AvgIpc) is 2.56. The van der Waals surface area contributed by atoms with Crippen LogP contribution in [0.25, 0.3) is 0 Å². The third-order valence-corrected chi connectivity index (χ3v) is 3.00. The zero-order chi connectivity index (χ0) is 12.3. The number of ketones is 1. The summed E-state index contributed by atoms with van der Waals surface area (Å²) in [7, 11) is 0. The topological polar surface area (TPSA) is 55.6 Å². The summed E-state index contributed by atoms with van der Waals surface area (Å²) >= 11 is 0. The van der Waals surface area contributed by atoms with Crippen LogP contribution < -0.4 is 10.6 Å². The first-order valence-corrected chi connectivity index (χ1v) is 5.91. The molecule has 1 heterocycles. The van der Waals surface area contributed by atoms with Crippen LogP contribution in [0, 0.1) is 0 Å². The second-order valence-electron chi connectivity index (χ2n) is 4.28. The van der Waals surface area contributed by atoms with Crippen LogP contribution in [0.15, 0.2) is 18.2 Å². The van der Waals surface area contributed by atoms with Gasteiger partial charge in [0.2, 0.25) is 0 Å². The molecule has 0 spiro atoms. The zero-order valence-electron chi connectivity index (χ0n) is 10.1. The van der Waals surface area contributed by atoms with Crippen LogP contribution in [0.1, 0.15) is 23.7 Å². The minimum atomic E-state index is 0.00764. The summed E-state index contributed by atoms with van der Waals surface area (Å²) in [5.74, 6) is 0.00764. The molecule has 0 radical (unpaired) electrons. The second kappa shape index (κ2) is 5.19. The summed E-state index contributed by atoms with van der Waals surface area (Å²) < 4.78 is 5.41. The smallest absolute Gasteiger partial charge is 0.161 e. The van der Waals surface area contributed by atoms with Gasteiger partial charge in [-0.3, -0.25) is 4.79 Å². The molecule has 1 aliphatic rings. The number of nitrogens with two attached hydrogens (primary N) is 1. The Labute approximate surface area is 101 Å². The number of hydrogen-bond acceptors (Lipinski definition) is 4. The zero-order valence-corrected chi connectivity index (χ0v) is 10.1. The monoisotopic (exact) mass is 234 g/mol. The van der Waals surface area contributed by atoms with E-state index < -0.39 is 0 Å². The minimum Gasteiger partial charge on any atom is -0.398 e. The molecule has 1 saturated heterocycles. The number of benzene rings is 1. The largest absolute Gasteiger partial charge is 0.398 e. The molecule has 1 aromatic rings. The van der Waals surface area contributed by atoms with Crippen molar-refractivity contribution in [2.45, 2.75) is 13.3 Å². The van der Waals surface area contributed by atoms with E-state index in [0.29, 0.717) is 11.3 Å². The van der Waals surface area contributed by atoms with Crippen LogP contribution in [0.5, 0.6) is 0 Å². The summed E-state index contributed by atoms with van der Waals surface area (Å²) in [5, 5.41) is 0. The summed E-state index contributed by atoms with van der Waals surface area (Å²) in [6.07, 6.45) is 1.02. The molecular formula is C13H18N2O2. The van der Waals surface area contributed by atoms with Crippen LogP contribution in [-0.4, -0.2) is 32.1 Å². The van der Waals surface area contributed by atoms with Crippen LogP contribution in [-0.2, 0) is 4.74 Å². The van der Waals surface area contributed by atoms with Gasteiger partial charge in [0.25, 0.3) is 0 Å². The van der Waals surface area contributed by atoms with E-state index in [2.05, 4.69) is 4.90 Å². The standard InChI is InChI=1S/C13H18N2O2/c1-10(16)12-4-3-11(9-13(12)14)15-5-2-7-17-8-6-15/h3-4,9H,2,5-8,14H2,1H3. The lowest BCUT2D eigenvalue weighted by atomic mass is 10.1. The molecule has 1 aliphatic heterocycles. The molecule has 2 N–H and O–H groups in total. The maximum Gasteiger partial charge on any atom is 0.161 e. The van der Waals surface area contributed by atoms with Gasteiger partial charge in [0.15, 0.2) is 5.78 Å². The Balaban J connectivity index is 2.21. The summed E-state index contributed by atoms with van der Waals surface area (Å²) in [5.41, 5.74) is 8.11. The molecule has 0 aromatic heterocycles. The van der Waals surface area contributed by atoms with E-state index in [1.807, 2.05) is 12.1 Å². The molecule has 1 aromatic carbocycles. The van der Waals surface area contributed by atoms with Crippen LogP contribution >= 0.6 is 0 Å². The number of hydrogen-bond donors (Lipinski definition) is 1. The molecule has 4 nitrogen and oxygen atoms in total. The average molecular weight is 234 g/mol. The number of Topliss-reactive ketones (excluding diaryl/α,β-unsaturated/α-hetero) is 1. The van der Waals surface area contributed by atoms with Gasteiger partial charge in [0, 0.05) is 36.6 Å². The number of nitrogens with zero attached hydrogens (tertiary/aromatic N) is 1. The highest BCUT2D eigenvalue weighted by Gasteiger charge is 2.12. The highest BCUT2D eigenvalue weighted by Crippen LogP contribution is 2.22. The third-order valence-electron chi connectivity index (χ3n) is 3.00. The minimum absolute atomic E-state index is 0.00764. The number of carbonyl (C=O) groups excluding carboxylic acids is 1. The number of carbonyl (C=O) groups is 1. The Hall–Kier alpha value is -1.55. The molecule has 17 heavy (non-hydrogen) atoms. The fourth-order valence-corrected chi connectivity index (χ4v) is 2.07. The first-order chi connectivity index (χ1) is 8.18. The van der Waals surface area contributed by atoms with E-state index in [9.17, 15) is 4.79 Å². The highest BCUT2D eigenvalue weighted by atomic mass is 16.5. The number of anilines is 2. The van der Waals surface area contributed by atoms with Crippen molar-refractivity contribution in [2.75, 3.05) is 36.9 Å². The molecule has 1 fully saturated rings. The van der Waals surface area contributed by atoms with Gasteiger partial charge in [-0.05, 0) is 31.5 Å². The van der Waals surface area contributed by atoms with Crippen molar-refractivity contribution in [2.24, 2.45) is 0 Å². The number of nitrogen functional groups attached to an aromatic ring is 1. The lowest BCUT2D eigenvalue weighted by Gasteiger charge is -2.22. The Morgan fingerprint density at radius 1 is 1.35 bits per heavy atom. The molecule has 92 valence electrons. The Morgan fingerprint density at radius 3 is 2.88 bits per heavy atom. The SMILES string of the molecule is CC(=O)c1ccc(N2CCCOCC2)cc1N. The molecule has 0 amide bonds. The van der Waals surface area contributed by atoms with Crippen molar-refractivity contribution in [3.8, 4) is 0 Å². The van der Waals surface area contributed by atoms with E-state index in [4.69, 9.17) is 10.5 Å². The van der Waals surface area contributed by atoms with Crippen molar-refractivity contribution in [1.29, 1.82) is 0 Å². The number of rotatable bonds is 2. The van der Waals surface area contributed by atoms with E-state index in [-0.39, 0.29) is 5.78 Å². The first-order valence-electron chi connectivity index (χ1n) is 5.91. The third kappa shape index (κ3) is 2.77. The fourth-order valence-electron chi connectivity index (χ4n) is 2.07. The fraction of sp³-hybridized carbons (Fsp3) is 0.462. The van der Waals surface area contributed by atoms with Gasteiger partial charge in [0.1, 0.15) is 0 Å². The van der Waals surface area contributed by atoms with Crippen LogP contribution in [0.4, 0.5) is 11.4 Å². The lowest BCUT2D eigenvalue weighted by molar-refractivity contribution is 0.101. The van der Waals surface area contributed by atoms with Crippen molar-refractivity contribution in [3.63, 3.8) is 0 Å². The molecule has 0 unspecified atom stereocenters. The van der Waals surface area contributed by atoms with Gasteiger partial charge in [0.05, 0.1) is 6.61 Å². The summed E-state index contributed by atoms with van der Waals surface area (Å²) in [4.78, 5) is 13.5. The summed E-state index contributed by atoms with van der Waals surface area (Å²) in [6, 6.07) is 5.64. The van der Waals surface area contributed by atoms with Gasteiger partial charge in [-0.1, -0.05) is 0 Å². The van der Waals surface area contributed by atoms with E-state index in [1.165, 1.54) is 6.92 Å². The summed E-state index contributed by atoms with van der Waals surface area (Å²) in [6.45, 7) is 4.94. The molecule has 0 bridgehead atoms. The van der Waals surface area contributed by atoms with Crippen molar-refractivity contribution >= 4 is 17.2 Å². The quantitative estimate of drug-likeness (QED) is 0.625. The number of ether oxygens (including phenoxy) is 1. The maximum absolute atomic E-state index is 11.3. The van der Waals surface area contributed by atoms with Gasteiger partial charge < -0.3 is 15.4 Å². The van der Waals surface area contributed by atoms with Gasteiger partial charge in [-0.25, -0.2) is 0 Å². The van der Waals surface area contributed by atoms with Crippen molar-refractivity contribution in [1.82, 2.24) is 0 Å². The van der Waals surface area contributed by atoms with E-state index in [0.717, 1.165) is 38.4 Å². The molecule has 0 atom stereocenters. The molecule has 4 heteroatoms. The van der Waals surface area contributed by atoms with E-state index in [1.54, 1.807) is 6.07 Å². The van der Waals surface area contributed by atoms with Gasteiger partial charge in [-0.15, -0.1) is 0 Å². The van der Waals surface area contributed by atoms with Crippen molar-refractivity contribution in [3.05, 3.63) is 23.8 Å². The second-order valence-corrected chi connectivity index (χ2v) is 4.28. The van der Waals surface area contributed by atoms with Gasteiger partial charge in [-0.2, -0.15) is 0 Å². The lowest BCUT2D eigenvalue weighted by Crippen LogP contribution is -2.26. The Bertz CT molecular complexity index is 410. The molecule has 2 rings (SSSR count). The molecular weight excluding hydrogens is 216 g/mol. The highest BCUT2D eigenvalue weighted by molar-refractivity contribution is 5.99. The predicted molar refractivity (Wildman–Crippen MR) is 68.5 cm³/mol. The van der Waals surface area contributed by atoms with Crippen LogP contribution in [0.2, 0.25) is 0 Å². The Kier molecular flexibility index (Phi) is 3.64. The molecule has 0 aliphatic carbocycles. The predicted octanol–water partition coefficient (Wildman–Crippen LogP) is 1.70. The Morgan fingerprint density at radius 2 is 2.18 bits per heavy atom. The van der Waals surface area contributed by atoms with Crippen molar-refractivity contribution < 1.29 is 9.53 Å². The normalized spacial score (nSPS) is 16.6. The molecule has 0 saturated carbocycles. The van der Waals surface area contributed by atoms with Gasteiger partial charge >= 0.3 is 0 Å². The first kappa shape index (κ1) is 11.9. The maximum atomic E-state index is 11.3. The van der Waals surface area contributed by atoms with Crippen LogP contribution in [0.3, 0.4) is 0 Å². The van der Waals surface area contributed by atoms with E-state index >= 15 is 0 Å².